The Morgan fingerprint density at radius 2 is 2.19 bits per heavy atom. The van der Waals surface area contributed by atoms with E-state index in [0.717, 1.165) is 24.8 Å². The zero-order valence-corrected chi connectivity index (χ0v) is 13.3. The Morgan fingerprint density at radius 1 is 1.38 bits per heavy atom. The van der Waals surface area contributed by atoms with E-state index in [2.05, 4.69) is 34.4 Å². The monoisotopic (exact) mass is 292 g/mol. The van der Waals surface area contributed by atoms with Crippen molar-refractivity contribution >= 4 is 5.96 Å². The summed E-state index contributed by atoms with van der Waals surface area (Å²) in [7, 11) is 0. The van der Waals surface area contributed by atoms with Gasteiger partial charge >= 0.3 is 0 Å². The van der Waals surface area contributed by atoms with Crippen LogP contribution in [-0.2, 0) is 6.54 Å². The summed E-state index contributed by atoms with van der Waals surface area (Å²) in [6.07, 6.45) is 4.39. The van der Waals surface area contributed by atoms with Crippen LogP contribution in [-0.4, -0.2) is 43.6 Å². The molecule has 1 aliphatic heterocycles. The van der Waals surface area contributed by atoms with Gasteiger partial charge in [0.05, 0.1) is 6.26 Å². The normalized spacial score (nSPS) is 17.9. The van der Waals surface area contributed by atoms with Gasteiger partial charge in [-0.15, -0.1) is 0 Å². The summed E-state index contributed by atoms with van der Waals surface area (Å²) in [6, 6.07) is 3.84. The lowest BCUT2D eigenvalue weighted by Gasteiger charge is -2.21. The molecule has 1 fully saturated rings. The highest BCUT2D eigenvalue weighted by atomic mass is 16.3. The van der Waals surface area contributed by atoms with Crippen LogP contribution in [0.2, 0.25) is 0 Å². The van der Waals surface area contributed by atoms with Crippen LogP contribution in [0.5, 0.6) is 0 Å². The van der Waals surface area contributed by atoms with Gasteiger partial charge in [-0.1, -0.05) is 6.92 Å². The molecule has 1 aromatic heterocycles. The summed E-state index contributed by atoms with van der Waals surface area (Å²) in [4.78, 5) is 7.10. The summed E-state index contributed by atoms with van der Waals surface area (Å²) in [5.41, 5.74) is 0. The highest BCUT2D eigenvalue weighted by Gasteiger charge is 2.14. The predicted octanol–water partition coefficient (Wildman–Crippen LogP) is 2.07. The molecule has 0 aromatic carbocycles. The molecule has 5 nitrogen and oxygen atoms in total. The van der Waals surface area contributed by atoms with Gasteiger partial charge in [0, 0.05) is 19.6 Å². The Bertz CT molecular complexity index is 410. The molecular formula is C16H28N4O. The first-order chi connectivity index (χ1) is 10.3. The van der Waals surface area contributed by atoms with Crippen LogP contribution in [0.1, 0.15) is 32.4 Å². The van der Waals surface area contributed by atoms with E-state index in [1.165, 1.54) is 32.5 Å². The molecule has 0 spiro atoms. The third-order valence-electron chi connectivity index (χ3n) is 3.70. The molecule has 2 rings (SSSR count). The fraction of sp³-hybridized carbons (Fsp3) is 0.688. The van der Waals surface area contributed by atoms with Gasteiger partial charge in [0.2, 0.25) is 0 Å². The highest BCUT2D eigenvalue weighted by molar-refractivity contribution is 5.79. The fourth-order valence-corrected chi connectivity index (χ4v) is 2.64. The van der Waals surface area contributed by atoms with Crippen LogP contribution in [0.15, 0.2) is 27.8 Å². The van der Waals surface area contributed by atoms with Crippen molar-refractivity contribution in [2.45, 2.75) is 33.2 Å². The molecule has 0 bridgehead atoms. The van der Waals surface area contributed by atoms with Crippen molar-refractivity contribution in [1.82, 2.24) is 15.5 Å². The molecule has 5 heteroatoms. The minimum absolute atomic E-state index is 0.572. The van der Waals surface area contributed by atoms with E-state index in [-0.39, 0.29) is 0 Å². The molecule has 1 aliphatic rings. The molecule has 21 heavy (non-hydrogen) atoms. The maximum atomic E-state index is 5.31. The van der Waals surface area contributed by atoms with Crippen molar-refractivity contribution < 1.29 is 4.42 Å². The first-order valence-electron chi connectivity index (χ1n) is 8.05. The molecule has 0 aliphatic carbocycles. The van der Waals surface area contributed by atoms with Crippen LogP contribution in [0.4, 0.5) is 0 Å². The third-order valence-corrected chi connectivity index (χ3v) is 3.70. The molecule has 2 N–H and O–H groups in total. The molecule has 118 valence electrons. The van der Waals surface area contributed by atoms with Crippen molar-refractivity contribution in [3.8, 4) is 0 Å². The van der Waals surface area contributed by atoms with Crippen LogP contribution in [0, 0.1) is 5.92 Å². The number of nitrogens with zero attached hydrogens (tertiary/aromatic N) is 2. The molecule has 1 saturated heterocycles. The Balaban J connectivity index is 1.74. The minimum Gasteiger partial charge on any atom is -0.467 e. The van der Waals surface area contributed by atoms with Crippen molar-refractivity contribution in [2.75, 3.05) is 32.7 Å². The van der Waals surface area contributed by atoms with E-state index in [1.54, 1.807) is 6.26 Å². The average Bonchev–Trinajstić information content (AvgIpc) is 3.15. The molecule has 1 unspecified atom stereocenters. The minimum atomic E-state index is 0.572. The quantitative estimate of drug-likeness (QED) is 0.597. The maximum absolute atomic E-state index is 5.31. The molecule has 1 atom stereocenters. The van der Waals surface area contributed by atoms with Gasteiger partial charge in [0.15, 0.2) is 5.96 Å². The van der Waals surface area contributed by atoms with Crippen molar-refractivity contribution in [1.29, 1.82) is 0 Å². The fourth-order valence-electron chi connectivity index (χ4n) is 2.64. The second kappa shape index (κ2) is 8.72. The molecule has 1 aromatic rings. The van der Waals surface area contributed by atoms with Crippen LogP contribution >= 0.6 is 0 Å². The van der Waals surface area contributed by atoms with Crippen molar-refractivity contribution in [3.63, 3.8) is 0 Å². The smallest absolute Gasteiger partial charge is 0.191 e. The summed E-state index contributed by atoms with van der Waals surface area (Å²) >= 11 is 0. The van der Waals surface area contributed by atoms with E-state index < -0.39 is 0 Å². The molecule has 0 radical (unpaired) electrons. The van der Waals surface area contributed by atoms with Crippen molar-refractivity contribution in [2.24, 2.45) is 10.9 Å². The lowest BCUT2D eigenvalue weighted by molar-refractivity contribution is 0.287. The SMILES string of the molecule is CCNC(=NCc1ccco1)NCC(C)CN1CCCC1. The summed E-state index contributed by atoms with van der Waals surface area (Å²) in [5, 5.41) is 6.71. The van der Waals surface area contributed by atoms with Crippen molar-refractivity contribution in [3.05, 3.63) is 24.2 Å². The number of guanidine groups is 1. The standard InChI is InChI=1S/C16H28N4O/c1-3-17-16(19-12-15-7-6-10-21-15)18-11-14(2)13-20-8-4-5-9-20/h6-7,10,14H,3-5,8-9,11-13H2,1-2H3,(H2,17,18,19). The van der Waals surface area contributed by atoms with E-state index in [0.29, 0.717) is 12.5 Å². The first kappa shape index (κ1) is 15.9. The highest BCUT2D eigenvalue weighted by Crippen LogP contribution is 2.09. The lowest BCUT2D eigenvalue weighted by Crippen LogP contribution is -2.41. The summed E-state index contributed by atoms with van der Waals surface area (Å²) < 4.78 is 5.31. The molecular weight excluding hydrogens is 264 g/mol. The molecule has 2 heterocycles. The second-order valence-corrected chi connectivity index (χ2v) is 5.77. The summed E-state index contributed by atoms with van der Waals surface area (Å²) in [5.74, 6) is 2.37. The zero-order chi connectivity index (χ0) is 14.9. The van der Waals surface area contributed by atoms with E-state index in [9.17, 15) is 0 Å². The number of furan rings is 1. The third kappa shape index (κ3) is 5.79. The van der Waals surface area contributed by atoms with Gasteiger partial charge in [0.25, 0.3) is 0 Å². The lowest BCUT2D eigenvalue weighted by atomic mass is 10.1. The Kier molecular flexibility index (Phi) is 6.60. The van der Waals surface area contributed by atoms with Crippen LogP contribution < -0.4 is 10.6 Å². The number of likely N-dealkylation sites (tertiary alicyclic amines) is 1. The Labute approximate surface area is 127 Å². The molecule has 0 saturated carbocycles. The van der Waals surface area contributed by atoms with Gasteiger partial charge in [-0.2, -0.15) is 0 Å². The van der Waals surface area contributed by atoms with E-state index in [4.69, 9.17) is 4.42 Å². The van der Waals surface area contributed by atoms with Gasteiger partial charge in [-0.3, -0.25) is 0 Å². The van der Waals surface area contributed by atoms with E-state index >= 15 is 0 Å². The number of rotatable bonds is 7. The largest absolute Gasteiger partial charge is 0.467 e. The molecule has 0 amide bonds. The zero-order valence-electron chi connectivity index (χ0n) is 13.3. The number of hydrogen-bond acceptors (Lipinski definition) is 3. The topological polar surface area (TPSA) is 52.8 Å². The van der Waals surface area contributed by atoms with Gasteiger partial charge in [0.1, 0.15) is 12.3 Å². The first-order valence-corrected chi connectivity index (χ1v) is 8.05. The van der Waals surface area contributed by atoms with Crippen LogP contribution in [0.25, 0.3) is 0 Å². The second-order valence-electron chi connectivity index (χ2n) is 5.77. The van der Waals surface area contributed by atoms with Gasteiger partial charge in [-0.25, -0.2) is 4.99 Å². The number of hydrogen-bond donors (Lipinski definition) is 2. The predicted molar refractivity (Wildman–Crippen MR) is 86.4 cm³/mol. The van der Waals surface area contributed by atoms with Gasteiger partial charge in [-0.05, 0) is 50.9 Å². The average molecular weight is 292 g/mol. The van der Waals surface area contributed by atoms with Gasteiger partial charge < -0.3 is 20.0 Å². The summed E-state index contributed by atoms with van der Waals surface area (Å²) in [6.45, 7) is 10.4. The van der Waals surface area contributed by atoms with E-state index in [1.807, 2.05) is 12.1 Å². The maximum Gasteiger partial charge on any atom is 0.191 e. The Morgan fingerprint density at radius 3 is 2.86 bits per heavy atom. The van der Waals surface area contributed by atoms with Crippen LogP contribution in [0.3, 0.4) is 0 Å². The number of nitrogens with one attached hydrogen (secondary N) is 2. The Hall–Kier alpha value is -1.49. The number of aliphatic imine (C=N–C) groups is 1.